The number of aromatic nitrogens is 1. The van der Waals surface area contributed by atoms with E-state index in [-0.39, 0.29) is 18.4 Å². The van der Waals surface area contributed by atoms with Gasteiger partial charge in [-0.3, -0.25) is 14.5 Å². The highest BCUT2D eigenvalue weighted by Gasteiger charge is 2.43. The van der Waals surface area contributed by atoms with Gasteiger partial charge in [-0.2, -0.15) is 4.57 Å². The minimum atomic E-state index is -0.736. The number of fused-ring (bicyclic) bond motifs is 1. The fourth-order valence-corrected chi connectivity index (χ4v) is 3.25. The number of carbonyl (C=O) groups excluding carboxylic acids is 2. The van der Waals surface area contributed by atoms with Crippen molar-refractivity contribution in [3.05, 3.63) is 90.8 Å². The molecule has 3 aromatic rings. The Bertz CT molecular complexity index is 942. The van der Waals surface area contributed by atoms with E-state index < -0.39 is 6.04 Å². The van der Waals surface area contributed by atoms with Crippen molar-refractivity contribution in [1.82, 2.24) is 0 Å². The minimum Gasteiger partial charge on any atom is -0.324 e. The van der Waals surface area contributed by atoms with E-state index >= 15 is 0 Å². The minimum absolute atomic E-state index is 0.117. The van der Waals surface area contributed by atoms with Crippen LogP contribution in [-0.2, 0) is 16.1 Å². The summed E-state index contributed by atoms with van der Waals surface area (Å²) in [6.07, 6.45) is 1.83. The molecule has 0 radical (unpaired) electrons. The first-order chi connectivity index (χ1) is 12.7. The topological polar surface area (TPSA) is 53.3 Å². The number of nitrogens with one attached hydrogen (secondary N) is 1. The Morgan fingerprint density at radius 2 is 1.58 bits per heavy atom. The highest BCUT2D eigenvalue weighted by atomic mass is 16.2. The van der Waals surface area contributed by atoms with Gasteiger partial charge < -0.3 is 5.32 Å². The number of anilines is 2. The lowest BCUT2D eigenvalue weighted by Gasteiger charge is -2.32. The Kier molecular flexibility index (Phi) is 4.19. The zero-order chi connectivity index (χ0) is 17.9. The molecule has 0 unspecified atom stereocenters. The molecule has 1 aromatic heterocycles. The van der Waals surface area contributed by atoms with E-state index in [4.69, 9.17) is 0 Å². The van der Waals surface area contributed by atoms with Crippen LogP contribution in [-0.4, -0.2) is 11.8 Å². The smallest absolute Gasteiger partial charge is 0.294 e. The van der Waals surface area contributed by atoms with Crippen LogP contribution in [0.25, 0.3) is 0 Å². The fraction of sp³-hybridized carbons (Fsp3) is 0.0952. The molecule has 2 amide bonds. The quantitative estimate of drug-likeness (QED) is 0.743. The fourth-order valence-electron chi connectivity index (χ4n) is 3.25. The molecular weight excluding hydrogens is 326 g/mol. The lowest BCUT2D eigenvalue weighted by molar-refractivity contribution is -0.695. The lowest BCUT2D eigenvalue weighted by atomic mass is 10.0. The van der Waals surface area contributed by atoms with Crippen LogP contribution in [0, 0.1) is 0 Å². The number of nitrogens with zero attached hydrogens (tertiary/aromatic N) is 2. The second-order valence-corrected chi connectivity index (χ2v) is 6.11. The molecule has 0 saturated carbocycles. The number of hydrogen-bond donors (Lipinski definition) is 1. The molecule has 4 rings (SSSR count). The average molecular weight is 344 g/mol. The van der Waals surface area contributed by atoms with E-state index in [9.17, 15) is 9.59 Å². The monoisotopic (exact) mass is 344 g/mol. The third kappa shape index (κ3) is 2.95. The molecule has 2 aromatic carbocycles. The number of carbonyl (C=O) groups is 2. The standard InChI is InChI=1S/C21H17N3O2/c25-19-15-23-14-8-7-13-18(23)20(24(19)17-11-5-2-6-12-17)21(26)22-16-9-3-1-4-10-16/h1-14,20H,15H2/p+1/t20-/m0/s1. The van der Waals surface area contributed by atoms with Gasteiger partial charge in [-0.15, -0.1) is 0 Å². The molecule has 0 aliphatic carbocycles. The predicted octanol–water partition coefficient (Wildman–Crippen LogP) is 2.70. The van der Waals surface area contributed by atoms with Crippen LogP contribution in [0.1, 0.15) is 11.7 Å². The first kappa shape index (κ1) is 16.0. The Labute approximate surface area is 151 Å². The molecule has 0 bridgehead atoms. The van der Waals surface area contributed by atoms with Crippen molar-refractivity contribution in [1.29, 1.82) is 0 Å². The van der Waals surface area contributed by atoms with Crippen molar-refractivity contribution in [2.45, 2.75) is 12.6 Å². The van der Waals surface area contributed by atoms with Gasteiger partial charge in [0, 0.05) is 23.5 Å². The number of rotatable bonds is 3. The van der Waals surface area contributed by atoms with Crippen molar-refractivity contribution in [3.63, 3.8) is 0 Å². The number of para-hydroxylation sites is 2. The molecule has 1 atom stereocenters. The van der Waals surface area contributed by atoms with Crippen molar-refractivity contribution in [3.8, 4) is 0 Å². The summed E-state index contributed by atoms with van der Waals surface area (Å²) in [6, 6.07) is 23.5. The summed E-state index contributed by atoms with van der Waals surface area (Å²) in [4.78, 5) is 27.6. The van der Waals surface area contributed by atoms with E-state index in [0.29, 0.717) is 11.4 Å². The summed E-state index contributed by atoms with van der Waals surface area (Å²) in [5.41, 5.74) is 2.19. The highest BCUT2D eigenvalue weighted by Crippen LogP contribution is 2.29. The maximum Gasteiger partial charge on any atom is 0.294 e. The predicted molar refractivity (Wildman–Crippen MR) is 98.4 cm³/mol. The molecule has 0 fully saturated rings. The normalized spacial score (nSPS) is 16.1. The average Bonchev–Trinajstić information content (AvgIpc) is 2.68. The van der Waals surface area contributed by atoms with Crippen LogP contribution < -0.4 is 14.8 Å². The Morgan fingerprint density at radius 3 is 2.31 bits per heavy atom. The van der Waals surface area contributed by atoms with E-state index in [1.165, 1.54) is 0 Å². The van der Waals surface area contributed by atoms with Crippen LogP contribution in [0.2, 0.25) is 0 Å². The van der Waals surface area contributed by atoms with Gasteiger partial charge in [0.1, 0.15) is 0 Å². The summed E-state index contributed by atoms with van der Waals surface area (Å²) in [5.74, 6) is -0.360. The molecule has 1 aliphatic heterocycles. The number of benzene rings is 2. The maximum absolute atomic E-state index is 13.1. The molecule has 2 heterocycles. The summed E-state index contributed by atoms with van der Waals surface area (Å²) in [5, 5.41) is 2.93. The van der Waals surface area contributed by atoms with Gasteiger partial charge in [-0.1, -0.05) is 42.5 Å². The Morgan fingerprint density at radius 1 is 0.923 bits per heavy atom. The molecule has 1 aliphatic rings. The van der Waals surface area contributed by atoms with Gasteiger partial charge in [-0.05, 0) is 24.3 Å². The summed E-state index contributed by atoms with van der Waals surface area (Å²) in [7, 11) is 0. The molecule has 1 N–H and O–H groups in total. The van der Waals surface area contributed by atoms with Crippen LogP contribution >= 0.6 is 0 Å². The van der Waals surface area contributed by atoms with Crippen LogP contribution in [0.4, 0.5) is 11.4 Å². The molecule has 0 saturated heterocycles. The Balaban J connectivity index is 1.78. The Hall–Kier alpha value is -3.47. The maximum atomic E-state index is 13.1. The third-order valence-electron chi connectivity index (χ3n) is 4.41. The van der Waals surface area contributed by atoms with Gasteiger partial charge in [0.25, 0.3) is 11.8 Å². The van der Waals surface area contributed by atoms with Gasteiger partial charge in [0.15, 0.2) is 6.20 Å². The third-order valence-corrected chi connectivity index (χ3v) is 4.41. The van der Waals surface area contributed by atoms with Crippen LogP contribution in [0.5, 0.6) is 0 Å². The molecule has 5 nitrogen and oxygen atoms in total. The van der Waals surface area contributed by atoms with E-state index in [1.807, 2.05) is 89.6 Å². The SMILES string of the molecule is O=C(Nc1ccccc1)[C@@H]1c2cccc[n+]2CC(=O)N1c1ccccc1. The molecule has 26 heavy (non-hydrogen) atoms. The van der Waals surface area contributed by atoms with E-state index in [1.54, 1.807) is 4.90 Å². The van der Waals surface area contributed by atoms with Gasteiger partial charge in [0.2, 0.25) is 18.3 Å². The lowest BCUT2D eigenvalue weighted by Crippen LogP contribution is -2.58. The second kappa shape index (κ2) is 6.80. The van der Waals surface area contributed by atoms with E-state index in [0.717, 1.165) is 5.69 Å². The molecule has 0 spiro atoms. The van der Waals surface area contributed by atoms with Crippen LogP contribution in [0.3, 0.4) is 0 Å². The summed E-state index contributed by atoms with van der Waals surface area (Å²) in [6.45, 7) is 0.209. The van der Waals surface area contributed by atoms with Gasteiger partial charge >= 0.3 is 0 Å². The largest absolute Gasteiger partial charge is 0.324 e. The molecular formula is C21H18N3O2+. The van der Waals surface area contributed by atoms with Crippen molar-refractivity contribution >= 4 is 23.2 Å². The summed E-state index contributed by atoms with van der Waals surface area (Å²) < 4.78 is 1.83. The van der Waals surface area contributed by atoms with Gasteiger partial charge in [-0.25, -0.2) is 0 Å². The van der Waals surface area contributed by atoms with Crippen molar-refractivity contribution in [2.24, 2.45) is 0 Å². The number of hydrogen-bond acceptors (Lipinski definition) is 2. The van der Waals surface area contributed by atoms with Gasteiger partial charge in [0.05, 0.1) is 0 Å². The molecule has 128 valence electrons. The van der Waals surface area contributed by atoms with E-state index in [2.05, 4.69) is 5.32 Å². The first-order valence-corrected chi connectivity index (χ1v) is 8.45. The highest BCUT2D eigenvalue weighted by molar-refractivity contribution is 6.05. The molecule has 5 heteroatoms. The number of pyridine rings is 1. The first-order valence-electron chi connectivity index (χ1n) is 8.45. The van der Waals surface area contributed by atoms with Crippen molar-refractivity contribution in [2.75, 3.05) is 10.2 Å². The number of amides is 2. The second-order valence-electron chi connectivity index (χ2n) is 6.11. The van der Waals surface area contributed by atoms with Crippen LogP contribution in [0.15, 0.2) is 85.1 Å². The summed E-state index contributed by atoms with van der Waals surface area (Å²) >= 11 is 0. The zero-order valence-corrected chi connectivity index (χ0v) is 14.1. The zero-order valence-electron chi connectivity index (χ0n) is 14.1. The van der Waals surface area contributed by atoms with Crippen molar-refractivity contribution < 1.29 is 14.2 Å².